The number of nitrogens with one attached hydrogen (secondary N) is 1. The van der Waals surface area contributed by atoms with Gasteiger partial charge in [0.05, 0.1) is 0 Å². The first-order chi connectivity index (χ1) is 8.82. The van der Waals surface area contributed by atoms with E-state index < -0.39 is 6.10 Å². The first kappa shape index (κ1) is 15.8. The number of aryl methyl sites for hydroxylation is 1. The molecule has 0 aliphatic rings. The molecule has 108 valence electrons. The lowest BCUT2D eigenvalue weighted by atomic mass is 10.0. The van der Waals surface area contributed by atoms with Crippen molar-refractivity contribution in [3.63, 3.8) is 0 Å². The van der Waals surface area contributed by atoms with Gasteiger partial charge in [0.15, 0.2) is 0 Å². The van der Waals surface area contributed by atoms with Crippen LogP contribution in [0.4, 0.5) is 0 Å². The second kappa shape index (κ2) is 6.78. The molecule has 0 radical (unpaired) electrons. The van der Waals surface area contributed by atoms with Gasteiger partial charge in [-0.1, -0.05) is 13.8 Å². The largest absolute Gasteiger partial charge is 0.507 e. The van der Waals surface area contributed by atoms with Gasteiger partial charge in [-0.05, 0) is 43.5 Å². The Bertz CT molecular complexity index is 430. The number of benzene rings is 1. The lowest BCUT2D eigenvalue weighted by Crippen LogP contribution is -2.35. The molecule has 0 aliphatic heterocycles. The Morgan fingerprint density at radius 3 is 2.42 bits per heavy atom. The first-order valence-corrected chi connectivity index (χ1v) is 6.67. The number of hydrogen-bond acceptors (Lipinski definition) is 4. The minimum absolute atomic E-state index is 0.240. The number of ether oxygens (including phenoxy) is 1. The molecule has 0 spiro atoms. The fourth-order valence-corrected chi connectivity index (χ4v) is 1.80. The monoisotopic (exact) mass is 267 g/mol. The Labute approximate surface area is 115 Å². The normalized spacial score (nSPS) is 12.8. The highest BCUT2D eigenvalue weighted by Crippen LogP contribution is 2.31. The molecule has 0 saturated carbocycles. The SMILES string of the molecule is Cc1cc(OC[C@@H](O)CNC(C)C)c(C)c(C)c1O. The quantitative estimate of drug-likeness (QED) is 0.738. The summed E-state index contributed by atoms with van der Waals surface area (Å²) >= 11 is 0. The van der Waals surface area contributed by atoms with Crippen LogP contribution in [0.1, 0.15) is 30.5 Å². The molecule has 0 heterocycles. The summed E-state index contributed by atoms with van der Waals surface area (Å²) in [5, 5.41) is 22.8. The molecule has 19 heavy (non-hydrogen) atoms. The molecule has 1 aromatic rings. The summed E-state index contributed by atoms with van der Waals surface area (Å²) in [5.74, 6) is 1.03. The van der Waals surface area contributed by atoms with Crippen LogP contribution in [-0.4, -0.2) is 35.5 Å². The molecule has 0 aliphatic carbocycles. The average molecular weight is 267 g/mol. The summed E-state index contributed by atoms with van der Waals surface area (Å²) in [7, 11) is 0. The van der Waals surface area contributed by atoms with E-state index >= 15 is 0 Å². The highest BCUT2D eigenvalue weighted by atomic mass is 16.5. The zero-order valence-corrected chi connectivity index (χ0v) is 12.4. The lowest BCUT2D eigenvalue weighted by Gasteiger charge is -2.18. The van der Waals surface area contributed by atoms with E-state index in [0.29, 0.717) is 18.3 Å². The summed E-state index contributed by atoms with van der Waals surface area (Å²) < 4.78 is 5.65. The summed E-state index contributed by atoms with van der Waals surface area (Å²) in [5.41, 5.74) is 2.52. The fourth-order valence-electron chi connectivity index (χ4n) is 1.80. The highest BCUT2D eigenvalue weighted by Gasteiger charge is 2.12. The van der Waals surface area contributed by atoms with Crippen LogP contribution >= 0.6 is 0 Å². The molecule has 1 atom stereocenters. The van der Waals surface area contributed by atoms with E-state index in [-0.39, 0.29) is 6.61 Å². The van der Waals surface area contributed by atoms with Crippen LogP contribution in [0, 0.1) is 20.8 Å². The van der Waals surface area contributed by atoms with Crippen LogP contribution in [0.25, 0.3) is 0 Å². The van der Waals surface area contributed by atoms with Crippen LogP contribution in [-0.2, 0) is 0 Å². The molecule has 4 heteroatoms. The number of hydrogen-bond donors (Lipinski definition) is 3. The van der Waals surface area contributed by atoms with E-state index in [1.165, 1.54) is 0 Å². The molecule has 0 unspecified atom stereocenters. The Morgan fingerprint density at radius 1 is 1.21 bits per heavy atom. The maximum atomic E-state index is 9.82. The second-order valence-corrected chi connectivity index (χ2v) is 5.32. The number of aliphatic hydroxyl groups is 1. The van der Waals surface area contributed by atoms with Gasteiger partial charge in [-0.3, -0.25) is 0 Å². The van der Waals surface area contributed by atoms with Gasteiger partial charge in [0.1, 0.15) is 24.2 Å². The third-order valence-electron chi connectivity index (χ3n) is 3.20. The van der Waals surface area contributed by atoms with Gasteiger partial charge >= 0.3 is 0 Å². The van der Waals surface area contributed by atoms with Crippen molar-refractivity contribution in [1.29, 1.82) is 0 Å². The molecule has 0 amide bonds. The smallest absolute Gasteiger partial charge is 0.123 e. The third kappa shape index (κ3) is 4.40. The second-order valence-electron chi connectivity index (χ2n) is 5.32. The Morgan fingerprint density at radius 2 is 1.84 bits per heavy atom. The third-order valence-corrected chi connectivity index (χ3v) is 3.20. The number of aromatic hydroxyl groups is 1. The molecule has 3 N–H and O–H groups in total. The number of phenolic OH excluding ortho intramolecular Hbond substituents is 1. The molecule has 4 nitrogen and oxygen atoms in total. The van der Waals surface area contributed by atoms with E-state index in [2.05, 4.69) is 5.32 Å². The van der Waals surface area contributed by atoms with Crippen LogP contribution in [0.5, 0.6) is 11.5 Å². The van der Waals surface area contributed by atoms with Crippen LogP contribution < -0.4 is 10.1 Å². The fraction of sp³-hybridized carbons (Fsp3) is 0.600. The highest BCUT2D eigenvalue weighted by molar-refractivity contribution is 5.51. The summed E-state index contributed by atoms with van der Waals surface area (Å²) in [6, 6.07) is 2.15. The standard InChI is InChI=1S/C15H25NO3/c1-9(2)16-7-13(17)8-19-14-6-10(3)15(18)12(5)11(14)4/h6,9,13,16-18H,7-8H2,1-5H3/t13-/m0/s1. The van der Waals surface area contributed by atoms with E-state index in [1.54, 1.807) is 6.07 Å². The predicted octanol–water partition coefficient (Wildman–Crippen LogP) is 2.06. The van der Waals surface area contributed by atoms with Gasteiger partial charge in [0.25, 0.3) is 0 Å². The summed E-state index contributed by atoms with van der Waals surface area (Å²) in [4.78, 5) is 0. The van der Waals surface area contributed by atoms with Crippen LogP contribution in [0.15, 0.2) is 6.07 Å². The van der Waals surface area contributed by atoms with Crippen molar-refractivity contribution in [2.45, 2.75) is 46.8 Å². The van der Waals surface area contributed by atoms with Crippen molar-refractivity contribution < 1.29 is 14.9 Å². The van der Waals surface area contributed by atoms with Crippen molar-refractivity contribution in [3.8, 4) is 11.5 Å². The number of aliphatic hydroxyl groups excluding tert-OH is 1. The molecule has 0 saturated heterocycles. The molecular formula is C15H25NO3. The molecule has 0 aromatic heterocycles. The maximum absolute atomic E-state index is 9.82. The number of phenols is 1. The number of rotatable bonds is 6. The Kier molecular flexibility index (Phi) is 5.63. The molecule has 1 aromatic carbocycles. The predicted molar refractivity (Wildman–Crippen MR) is 77.0 cm³/mol. The van der Waals surface area contributed by atoms with Gasteiger partial charge in [-0.2, -0.15) is 0 Å². The van der Waals surface area contributed by atoms with Crippen molar-refractivity contribution in [2.75, 3.05) is 13.2 Å². The molecule has 0 fully saturated rings. The van der Waals surface area contributed by atoms with Gasteiger partial charge in [-0.25, -0.2) is 0 Å². The summed E-state index contributed by atoms with van der Waals surface area (Å²) in [6.45, 7) is 10.4. The zero-order valence-electron chi connectivity index (χ0n) is 12.4. The van der Waals surface area contributed by atoms with E-state index in [4.69, 9.17) is 4.74 Å². The average Bonchev–Trinajstić information content (AvgIpc) is 2.36. The minimum Gasteiger partial charge on any atom is -0.507 e. The molecule has 0 bridgehead atoms. The first-order valence-electron chi connectivity index (χ1n) is 6.67. The minimum atomic E-state index is -0.545. The van der Waals surface area contributed by atoms with Crippen LogP contribution in [0.2, 0.25) is 0 Å². The molecular weight excluding hydrogens is 242 g/mol. The maximum Gasteiger partial charge on any atom is 0.123 e. The molecule has 1 rings (SSSR count). The topological polar surface area (TPSA) is 61.7 Å². The van der Waals surface area contributed by atoms with E-state index in [1.807, 2.05) is 34.6 Å². The van der Waals surface area contributed by atoms with Crippen molar-refractivity contribution >= 4 is 0 Å². The van der Waals surface area contributed by atoms with Gasteiger partial charge in [0.2, 0.25) is 0 Å². The Balaban J connectivity index is 2.63. The van der Waals surface area contributed by atoms with Gasteiger partial charge in [-0.15, -0.1) is 0 Å². The van der Waals surface area contributed by atoms with E-state index in [9.17, 15) is 10.2 Å². The van der Waals surface area contributed by atoms with Crippen molar-refractivity contribution in [3.05, 3.63) is 22.8 Å². The van der Waals surface area contributed by atoms with Gasteiger partial charge < -0.3 is 20.3 Å². The van der Waals surface area contributed by atoms with Crippen molar-refractivity contribution in [1.82, 2.24) is 5.32 Å². The van der Waals surface area contributed by atoms with Crippen LogP contribution in [0.3, 0.4) is 0 Å². The van der Waals surface area contributed by atoms with Crippen molar-refractivity contribution in [2.24, 2.45) is 0 Å². The Hall–Kier alpha value is -1.26. The van der Waals surface area contributed by atoms with E-state index in [0.717, 1.165) is 22.4 Å². The lowest BCUT2D eigenvalue weighted by molar-refractivity contribution is 0.104. The summed E-state index contributed by atoms with van der Waals surface area (Å²) in [6.07, 6.45) is -0.545. The zero-order chi connectivity index (χ0) is 14.6. The van der Waals surface area contributed by atoms with Gasteiger partial charge in [0, 0.05) is 12.6 Å².